The maximum absolute atomic E-state index is 12.3. The van der Waals surface area contributed by atoms with Crippen molar-refractivity contribution in [2.75, 3.05) is 20.3 Å². The van der Waals surface area contributed by atoms with Crippen molar-refractivity contribution < 1.29 is 19.1 Å². The molecule has 1 rings (SSSR count). The molecular weight excluding hydrogens is 332 g/mol. The Balaban J connectivity index is 2.87. The van der Waals surface area contributed by atoms with E-state index in [-0.39, 0.29) is 10.9 Å². The number of halogens is 1. The molecule has 1 unspecified atom stereocenters. The fraction of sp³-hybridized carbons (Fsp3) is 0.529. The minimum atomic E-state index is -0.648. The van der Waals surface area contributed by atoms with E-state index < -0.39 is 11.9 Å². The Morgan fingerprint density at radius 3 is 2.54 bits per heavy atom. The van der Waals surface area contributed by atoms with Crippen molar-refractivity contribution in [1.29, 1.82) is 0 Å². The number of carbonyl (C=O) groups is 2. The lowest BCUT2D eigenvalue weighted by atomic mass is 10.1. The number of carbonyl (C=O) groups excluding carboxylic acids is 2. The average Bonchev–Trinajstić information content (AvgIpc) is 2.57. The van der Waals surface area contributed by atoms with Gasteiger partial charge in [-0.15, -0.1) is 0 Å². The van der Waals surface area contributed by atoms with Crippen LogP contribution in [0.15, 0.2) is 12.1 Å². The van der Waals surface area contributed by atoms with Crippen molar-refractivity contribution in [3.63, 3.8) is 0 Å². The molecular formula is C17H25ClN2O4. The first-order chi connectivity index (χ1) is 11.4. The summed E-state index contributed by atoms with van der Waals surface area (Å²) in [7, 11) is 1.48. The highest BCUT2D eigenvalue weighted by Crippen LogP contribution is 2.36. The third kappa shape index (κ3) is 5.60. The topological polar surface area (TPSA) is 76.7 Å². The van der Waals surface area contributed by atoms with Crippen LogP contribution in [0.5, 0.6) is 11.5 Å². The molecule has 24 heavy (non-hydrogen) atoms. The summed E-state index contributed by atoms with van der Waals surface area (Å²) < 4.78 is 10.8. The lowest BCUT2D eigenvalue weighted by Gasteiger charge is -2.16. The summed E-state index contributed by atoms with van der Waals surface area (Å²) >= 11 is 6.20. The van der Waals surface area contributed by atoms with E-state index >= 15 is 0 Å². The molecule has 2 amide bonds. The number of rotatable bonds is 9. The van der Waals surface area contributed by atoms with Gasteiger partial charge in [-0.3, -0.25) is 9.59 Å². The third-order valence-corrected chi connectivity index (χ3v) is 3.51. The van der Waals surface area contributed by atoms with Crippen LogP contribution in [0.3, 0.4) is 0 Å². The van der Waals surface area contributed by atoms with Crippen LogP contribution in [-0.2, 0) is 4.79 Å². The summed E-state index contributed by atoms with van der Waals surface area (Å²) in [6.45, 7) is 6.63. The van der Waals surface area contributed by atoms with Crippen molar-refractivity contribution >= 4 is 23.4 Å². The number of amides is 2. The molecule has 1 aromatic carbocycles. The molecule has 0 spiro atoms. The molecule has 0 aliphatic carbocycles. The van der Waals surface area contributed by atoms with Crippen molar-refractivity contribution in [2.24, 2.45) is 0 Å². The van der Waals surface area contributed by atoms with Gasteiger partial charge in [-0.25, -0.2) is 0 Å². The Morgan fingerprint density at radius 1 is 1.25 bits per heavy atom. The van der Waals surface area contributed by atoms with Crippen molar-refractivity contribution in [2.45, 2.75) is 39.7 Å². The molecule has 0 radical (unpaired) electrons. The van der Waals surface area contributed by atoms with E-state index in [4.69, 9.17) is 21.1 Å². The van der Waals surface area contributed by atoms with E-state index in [0.717, 1.165) is 12.8 Å². The van der Waals surface area contributed by atoms with Crippen LogP contribution in [0.2, 0.25) is 5.02 Å². The normalized spacial score (nSPS) is 11.5. The van der Waals surface area contributed by atoms with Crippen LogP contribution >= 0.6 is 11.6 Å². The zero-order chi connectivity index (χ0) is 18.1. The van der Waals surface area contributed by atoms with E-state index in [0.29, 0.717) is 30.2 Å². The van der Waals surface area contributed by atoms with Gasteiger partial charge >= 0.3 is 0 Å². The van der Waals surface area contributed by atoms with Gasteiger partial charge in [0.15, 0.2) is 11.5 Å². The zero-order valence-electron chi connectivity index (χ0n) is 14.6. The molecule has 1 atom stereocenters. The second-order valence-electron chi connectivity index (χ2n) is 5.32. The number of benzene rings is 1. The molecule has 0 saturated carbocycles. The minimum Gasteiger partial charge on any atom is -0.493 e. The summed E-state index contributed by atoms with van der Waals surface area (Å²) in [6.07, 6.45) is 1.66. The second kappa shape index (κ2) is 10.0. The van der Waals surface area contributed by atoms with Gasteiger partial charge in [0.05, 0.1) is 18.7 Å². The molecule has 0 fully saturated rings. The Labute approximate surface area is 147 Å². The Kier molecular flexibility index (Phi) is 8.40. The van der Waals surface area contributed by atoms with E-state index in [1.54, 1.807) is 13.0 Å². The molecule has 0 aliphatic heterocycles. The fourth-order valence-corrected chi connectivity index (χ4v) is 2.21. The highest BCUT2D eigenvalue weighted by Gasteiger charge is 2.19. The summed E-state index contributed by atoms with van der Waals surface area (Å²) in [5.41, 5.74) is 0.302. The number of hydrogen-bond acceptors (Lipinski definition) is 4. The molecule has 7 heteroatoms. The third-order valence-electron chi connectivity index (χ3n) is 3.23. The predicted octanol–water partition coefficient (Wildman–Crippen LogP) is 2.78. The van der Waals surface area contributed by atoms with Crippen LogP contribution < -0.4 is 20.1 Å². The van der Waals surface area contributed by atoms with Crippen molar-refractivity contribution in [3.05, 3.63) is 22.7 Å². The van der Waals surface area contributed by atoms with E-state index in [1.165, 1.54) is 13.2 Å². The number of nitrogens with one attached hydrogen (secondary N) is 2. The molecule has 1 aromatic rings. The van der Waals surface area contributed by atoms with Gasteiger partial charge in [0.25, 0.3) is 5.91 Å². The van der Waals surface area contributed by atoms with Gasteiger partial charge in [0.1, 0.15) is 6.04 Å². The lowest BCUT2D eigenvalue weighted by molar-refractivity contribution is -0.122. The molecule has 0 heterocycles. The largest absolute Gasteiger partial charge is 0.493 e. The highest BCUT2D eigenvalue weighted by atomic mass is 35.5. The summed E-state index contributed by atoms with van der Waals surface area (Å²) in [6, 6.07) is 2.40. The van der Waals surface area contributed by atoms with Gasteiger partial charge < -0.3 is 20.1 Å². The first kappa shape index (κ1) is 20.1. The van der Waals surface area contributed by atoms with Gasteiger partial charge in [0, 0.05) is 12.1 Å². The number of ether oxygens (including phenoxy) is 2. The first-order valence-corrected chi connectivity index (χ1v) is 8.41. The van der Waals surface area contributed by atoms with Crippen LogP contribution in [-0.4, -0.2) is 38.1 Å². The monoisotopic (exact) mass is 356 g/mol. The fourth-order valence-electron chi connectivity index (χ4n) is 1.94. The molecule has 0 aromatic heterocycles. The SMILES string of the molecule is CCCNC(=O)C(C)NC(=O)c1cc(Cl)c(OCCC)c(OC)c1. The maximum Gasteiger partial charge on any atom is 0.252 e. The maximum atomic E-state index is 12.3. The van der Waals surface area contributed by atoms with Gasteiger partial charge in [-0.2, -0.15) is 0 Å². The van der Waals surface area contributed by atoms with Crippen LogP contribution in [0.1, 0.15) is 44.0 Å². The smallest absolute Gasteiger partial charge is 0.252 e. The average molecular weight is 357 g/mol. The van der Waals surface area contributed by atoms with Gasteiger partial charge in [-0.05, 0) is 31.9 Å². The molecule has 0 bridgehead atoms. The highest BCUT2D eigenvalue weighted by molar-refractivity contribution is 6.32. The lowest BCUT2D eigenvalue weighted by Crippen LogP contribution is -2.45. The van der Waals surface area contributed by atoms with Crippen molar-refractivity contribution in [3.8, 4) is 11.5 Å². The molecule has 6 nitrogen and oxygen atoms in total. The first-order valence-electron chi connectivity index (χ1n) is 8.03. The molecule has 0 aliphatic rings. The Hall–Kier alpha value is -1.95. The minimum absolute atomic E-state index is 0.230. The Morgan fingerprint density at radius 2 is 1.96 bits per heavy atom. The molecule has 0 saturated heterocycles. The zero-order valence-corrected chi connectivity index (χ0v) is 15.3. The quantitative estimate of drug-likeness (QED) is 0.713. The second-order valence-corrected chi connectivity index (χ2v) is 5.73. The number of methoxy groups -OCH3 is 1. The van der Waals surface area contributed by atoms with Crippen LogP contribution in [0.4, 0.5) is 0 Å². The van der Waals surface area contributed by atoms with E-state index in [2.05, 4.69) is 10.6 Å². The molecule has 134 valence electrons. The van der Waals surface area contributed by atoms with E-state index in [9.17, 15) is 9.59 Å². The van der Waals surface area contributed by atoms with Crippen molar-refractivity contribution in [1.82, 2.24) is 10.6 Å². The molecule has 2 N–H and O–H groups in total. The van der Waals surface area contributed by atoms with Gasteiger partial charge in [-0.1, -0.05) is 25.4 Å². The number of hydrogen-bond donors (Lipinski definition) is 2. The Bertz CT molecular complexity index is 578. The predicted molar refractivity (Wildman–Crippen MR) is 94.0 cm³/mol. The van der Waals surface area contributed by atoms with Gasteiger partial charge in [0.2, 0.25) is 5.91 Å². The van der Waals surface area contributed by atoms with E-state index in [1.807, 2.05) is 13.8 Å². The summed E-state index contributed by atoms with van der Waals surface area (Å²) in [5, 5.41) is 5.66. The van der Waals surface area contributed by atoms with Crippen LogP contribution in [0, 0.1) is 0 Å². The van der Waals surface area contributed by atoms with Crippen LogP contribution in [0.25, 0.3) is 0 Å². The summed E-state index contributed by atoms with van der Waals surface area (Å²) in [5.74, 6) is 0.151. The standard InChI is InChI=1S/C17H25ClN2O4/c1-5-7-19-16(21)11(3)20-17(22)12-9-13(18)15(24-8-6-2)14(10-12)23-4/h9-11H,5-8H2,1-4H3,(H,19,21)(H,20,22). The summed E-state index contributed by atoms with van der Waals surface area (Å²) in [4.78, 5) is 24.2.